The molecule has 0 amide bonds. The molecule has 2 saturated heterocycles. The molecule has 4 rings (SSSR count). The van der Waals surface area contributed by atoms with Gasteiger partial charge >= 0.3 is 0 Å². The number of ether oxygens (including phenoxy) is 2. The molecule has 2 aromatic carbocycles. The van der Waals surface area contributed by atoms with Crippen LogP contribution in [0.3, 0.4) is 0 Å². The van der Waals surface area contributed by atoms with Crippen molar-refractivity contribution in [1.29, 1.82) is 0 Å². The number of hydrogen-bond acceptors (Lipinski definition) is 3. The average molecular weight is 528 g/mol. The second-order valence-electron chi connectivity index (χ2n) is 7.27. The zero-order valence-electron chi connectivity index (χ0n) is 16.4. The zero-order valence-corrected chi connectivity index (χ0v) is 19.5. The van der Waals surface area contributed by atoms with Crippen LogP contribution in [0.25, 0.3) is 0 Å². The molecule has 2 aliphatic rings. The van der Waals surface area contributed by atoms with E-state index in [-0.39, 0.29) is 24.0 Å². The van der Waals surface area contributed by atoms with Crippen molar-refractivity contribution in [3.8, 4) is 5.75 Å². The zero-order chi connectivity index (χ0) is 19.3. The Hall–Kier alpha value is -1.51. The van der Waals surface area contributed by atoms with E-state index >= 15 is 0 Å². The van der Waals surface area contributed by atoms with Gasteiger partial charge in [-0.3, -0.25) is 4.99 Å². The van der Waals surface area contributed by atoms with Gasteiger partial charge in [-0.05, 0) is 42.5 Å². The van der Waals surface area contributed by atoms with E-state index in [4.69, 9.17) is 21.1 Å². The van der Waals surface area contributed by atoms with Crippen molar-refractivity contribution < 1.29 is 9.47 Å². The van der Waals surface area contributed by atoms with Crippen LogP contribution in [0.1, 0.15) is 30.4 Å². The van der Waals surface area contributed by atoms with E-state index in [1.807, 2.05) is 36.4 Å². The Bertz CT molecular complexity index is 848. The largest absolute Gasteiger partial charge is 0.487 e. The van der Waals surface area contributed by atoms with Crippen LogP contribution < -0.4 is 15.4 Å². The molecule has 156 valence electrons. The highest BCUT2D eigenvalue weighted by atomic mass is 127. The quantitative estimate of drug-likeness (QED) is 0.329. The third-order valence-corrected chi connectivity index (χ3v) is 5.75. The molecule has 0 spiro atoms. The van der Waals surface area contributed by atoms with Crippen molar-refractivity contribution >= 4 is 41.5 Å². The first-order chi connectivity index (χ1) is 13.7. The number of nitrogens with one attached hydrogen (secondary N) is 2. The fourth-order valence-electron chi connectivity index (χ4n) is 3.93. The lowest BCUT2D eigenvalue weighted by atomic mass is 9.96. The van der Waals surface area contributed by atoms with Crippen LogP contribution in [0.2, 0.25) is 5.02 Å². The van der Waals surface area contributed by atoms with Gasteiger partial charge in [0.25, 0.3) is 0 Å². The number of fused-ring (bicyclic) bond motifs is 2. The molecule has 2 fully saturated rings. The van der Waals surface area contributed by atoms with E-state index in [0.717, 1.165) is 24.4 Å². The van der Waals surface area contributed by atoms with Gasteiger partial charge in [0.05, 0.1) is 23.3 Å². The number of guanidine groups is 1. The van der Waals surface area contributed by atoms with Crippen LogP contribution in [-0.4, -0.2) is 31.3 Å². The van der Waals surface area contributed by atoms with Gasteiger partial charge in [0.15, 0.2) is 5.96 Å². The number of para-hydroxylation sites is 1. The van der Waals surface area contributed by atoms with Crippen molar-refractivity contribution in [2.75, 3.05) is 7.05 Å². The molecule has 2 heterocycles. The molecule has 7 heteroatoms. The normalized spacial score (nSPS) is 22.8. The van der Waals surface area contributed by atoms with Crippen LogP contribution in [0.5, 0.6) is 5.75 Å². The summed E-state index contributed by atoms with van der Waals surface area (Å²) in [6.45, 7) is 1.14. The Morgan fingerprint density at radius 1 is 1.14 bits per heavy atom. The standard InChI is InChI=1S/C22H26ClN3O2.HI/c1-24-22(26-19-12-17-10-11-21(19)28-17)25-13-15-6-2-3-7-16(15)14-27-20-9-5-4-8-18(20)23;/h2-9,17,19,21H,10-14H2,1H3,(H2,24,25,26);1H. The molecule has 5 nitrogen and oxygen atoms in total. The van der Waals surface area contributed by atoms with Crippen molar-refractivity contribution in [1.82, 2.24) is 10.6 Å². The van der Waals surface area contributed by atoms with E-state index in [1.54, 1.807) is 7.05 Å². The fourth-order valence-corrected chi connectivity index (χ4v) is 4.12. The van der Waals surface area contributed by atoms with E-state index in [1.165, 1.54) is 12.0 Å². The molecule has 29 heavy (non-hydrogen) atoms. The molecule has 0 radical (unpaired) electrons. The van der Waals surface area contributed by atoms with Gasteiger partial charge in [-0.1, -0.05) is 48.0 Å². The van der Waals surface area contributed by atoms with Crippen LogP contribution in [0.4, 0.5) is 0 Å². The Morgan fingerprint density at radius 2 is 1.90 bits per heavy atom. The molecule has 0 aromatic heterocycles. The number of halogens is 2. The molecule has 2 bridgehead atoms. The molecule has 3 unspecified atom stereocenters. The number of nitrogens with zero attached hydrogens (tertiary/aromatic N) is 1. The highest BCUT2D eigenvalue weighted by Gasteiger charge is 2.41. The molecular formula is C22H27ClIN3O2. The van der Waals surface area contributed by atoms with Crippen LogP contribution in [0.15, 0.2) is 53.5 Å². The van der Waals surface area contributed by atoms with Gasteiger partial charge in [0.1, 0.15) is 12.4 Å². The van der Waals surface area contributed by atoms with Crippen LogP contribution in [-0.2, 0) is 17.9 Å². The van der Waals surface area contributed by atoms with Crippen molar-refractivity contribution in [2.24, 2.45) is 4.99 Å². The topological polar surface area (TPSA) is 54.9 Å². The first-order valence-corrected chi connectivity index (χ1v) is 10.2. The Morgan fingerprint density at radius 3 is 2.59 bits per heavy atom. The first-order valence-electron chi connectivity index (χ1n) is 9.79. The summed E-state index contributed by atoms with van der Waals surface area (Å²) < 4.78 is 11.8. The number of rotatable bonds is 6. The van der Waals surface area contributed by atoms with Gasteiger partial charge in [-0.2, -0.15) is 0 Å². The third-order valence-electron chi connectivity index (χ3n) is 5.44. The number of benzene rings is 2. The van der Waals surface area contributed by atoms with Gasteiger partial charge in [-0.15, -0.1) is 24.0 Å². The maximum absolute atomic E-state index is 6.19. The van der Waals surface area contributed by atoms with Crippen LogP contribution >= 0.6 is 35.6 Å². The fraction of sp³-hybridized carbons (Fsp3) is 0.409. The number of hydrogen-bond donors (Lipinski definition) is 2. The molecule has 0 saturated carbocycles. The summed E-state index contributed by atoms with van der Waals surface area (Å²) >= 11 is 6.19. The highest BCUT2D eigenvalue weighted by Crippen LogP contribution is 2.34. The van der Waals surface area contributed by atoms with Crippen molar-refractivity contribution in [2.45, 2.75) is 50.7 Å². The molecule has 2 aliphatic heterocycles. The summed E-state index contributed by atoms with van der Waals surface area (Å²) in [4.78, 5) is 4.38. The Labute approximate surface area is 194 Å². The smallest absolute Gasteiger partial charge is 0.191 e. The summed E-state index contributed by atoms with van der Waals surface area (Å²) in [5, 5.41) is 7.56. The lowest BCUT2D eigenvalue weighted by Crippen LogP contribution is -2.47. The summed E-state index contributed by atoms with van der Waals surface area (Å²) in [5.41, 5.74) is 2.29. The maximum Gasteiger partial charge on any atom is 0.191 e. The minimum atomic E-state index is 0. The highest BCUT2D eigenvalue weighted by molar-refractivity contribution is 14.0. The van der Waals surface area contributed by atoms with Gasteiger partial charge in [0.2, 0.25) is 0 Å². The maximum atomic E-state index is 6.19. The van der Waals surface area contributed by atoms with E-state index in [0.29, 0.717) is 42.2 Å². The molecular weight excluding hydrogens is 501 g/mol. The van der Waals surface area contributed by atoms with Crippen molar-refractivity contribution in [3.05, 3.63) is 64.7 Å². The summed E-state index contributed by atoms with van der Waals surface area (Å²) in [7, 11) is 1.80. The van der Waals surface area contributed by atoms with Gasteiger partial charge in [-0.25, -0.2) is 0 Å². The SMILES string of the molecule is CN=C(NCc1ccccc1COc1ccccc1Cl)NC1CC2CCC1O2.I. The summed E-state index contributed by atoms with van der Waals surface area (Å²) in [6, 6.07) is 16.1. The van der Waals surface area contributed by atoms with Crippen molar-refractivity contribution in [3.63, 3.8) is 0 Å². The third kappa shape index (κ3) is 5.55. The van der Waals surface area contributed by atoms with Gasteiger partial charge in [0, 0.05) is 13.6 Å². The lowest BCUT2D eigenvalue weighted by Gasteiger charge is -2.23. The van der Waals surface area contributed by atoms with E-state index < -0.39 is 0 Å². The number of aliphatic imine (C=N–C) groups is 1. The van der Waals surface area contributed by atoms with Gasteiger partial charge < -0.3 is 20.1 Å². The minimum Gasteiger partial charge on any atom is -0.487 e. The molecule has 0 aliphatic carbocycles. The Kier molecular flexibility index (Phi) is 8.03. The lowest BCUT2D eigenvalue weighted by molar-refractivity contribution is 0.0992. The molecule has 3 atom stereocenters. The summed E-state index contributed by atoms with van der Waals surface area (Å²) in [5.74, 6) is 1.50. The van der Waals surface area contributed by atoms with E-state index in [2.05, 4.69) is 27.8 Å². The predicted molar refractivity (Wildman–Crippen MR) is 127 cm³/mol. The second kappa shape index (κ2) is 10.5. The van der Waals surface area contributed by atoms with Crippen LogP contribution in [0, 0.1) is 0 Å². The molecule has 2 aromatic rings. The monoisotopic (exact) mass is 527 g/mol. The predicted octanol–water partition coefficient (Wildman–Crippen LogP) is 4.52. The first kappa shape index (κ1) is 22.2. The molecule has 2 N–H and O–H groups in total. The Balaban J connectivity index is 0.00000240. The average Bonchev–Trinajstić information content (AvgIpc) is 3.34. The van der Waals surface area contributed by atoms with E-state index in [9.17, 15) is 0 Å². The summed E-state index contributed by atoms with van der Waals surface area (Å²) in [6.07, 6.45) is 4.13. The minimum absolute atomic E-state index is 0. The second-order valence-corrected chi connectivity index (χ2v) is 7.68.